The summed E-state index contributed by atoms with van der Waals surface area (Å²) in [7, 11) is 0. The molecule has 2 heteroatoms. The minimum absolute atomic E-state index is 0.673. The minimum Gasteiger partial charge on any atom is -0.384 e. The van der Waals surface area contributed by atoms with Crippen molar-refractivity contribution in [2.45, 2.75) is 27.2 Å². The molecule has 1 unspecified atom stereocenters. The second-order valence-corrected chi connectivity index (χ2v) is 4.42. The van der Waals surface area contributed by atoms with Crippen LogP contribution in [0.2, 0.25) is 0 Å². The molecule has 14 heavy (non-hydrogen) atoms. The summed E-state index contributed by atoms with van der Waals surface area (Å²) < 4.78 is 0. The second kappa shape index (κ2) is 5.86. The Morgan fingerprint density at radius 3 is 2.93 bits per heavy atom. The lowest BCUT2D eigenvalue weighted by Crippen LogP contribution is -1.95. The van der Waals surface area contributed by atoms with Gasteiger partial charge in [0, 0.05) is 11.4 Å². The summed E-state index contributed by atoms with van der Waals surface area (Å²) in [6.45, 7) is 7.58. The first-order valence-corrected chi connectivity index (χ1v) is 6.15. The molecule has 1 N–H and O–H groups in total. The molecule has 0 saturated heterocycles. The van der Waals surface area contributed by atoms with E-state index in [4.69, 9.17) is 0 Å². The van der Waals surface area contributed by atoms with Crippen LogP contribution in [0.3, 0.4) is 0 Å². The van der Waals surface area contributed by atoms with Crippen LogP contribution < -0.4 is 5.32 Å². The molecular weight excluding hydrogens is 190 g/mol. The highest BCUT2D eigenvalue weighted by molar-refractivity contribution is 7.11. The van der Waals surface area contributed by atoms with Crippen molar-refractivity contribution < 1.29 is 0 Å². The Balaban J connectivity index is 2.65. The lowest BCUT2D eigenvalue weighted by molar-refractivity contribution is 0.701. The largest absolute Gasteiger partial charge is 0.384 e. The van der Waals surface area contributed by atoms with E-state index in [1.54, 1.807) is 11.3 Å². The van der Waals surface area contributed by atoms with Gasteiger partial charge in [-0.3, -0.25) is 0 Å². The average Bonchev–Trinajstić information content (AvgIpc) is 2.62. The number of hydrogen-bond acceptors (Lipinski definition) is 2. The Bertz CT molecular complexity index is 288. The quantitative estimate of drug-likeness (QED) is 0.765. The Hall–Kier alpha value is -0.760. The maximum Gasteiger partial charge on any atom is 0.0523 e. The fourth-order valence-electron chi connectivity index (χ4n) is 1.17. The number of nitrogens with one attached hydrogen (secondary N) is 1. The predicted octanol–water partition coefficient (Wildman–Crippen LogP) is 4.24. The molecule has 1 aromatic rings. The second-order valence-electron chi connectivity index (χ2n) is 3.47. The van der Waals surface area contributed by atoms with E-state index in [0.29, 0.717) is 5.92 Å². The van der Waals surface area contributed by atoms with E-state index in [2.05, 4.69) is 49.7 Å². The van der Waals surface area contributed by atoms with Gasteiger partial charge in [-0.2, -0.15) is 0 Å². The van der Waals surface area contributed by atoms with Gasteiger partial charge < -0.3 is 5.32 Å². The van der Waals surface area contributed by atoms with Crippen LogP contribution in [0.4, 0.5) is 5.69 Å². The van der Waals surface area contributed by atoms with E-state index < -0.39 is 0 Å². The van der Waals surface area contributed by atoms with Crippen molar-refractivity contribution >= 4 is 23.1 Å². The van der Waals surface area contributed by atoms with Crippen molar-refractivity contribution in [1.29, 1.82) is 0 Å². The molecule has 1 aromatic heterocycles. The molecule has 0 fully saturated rings. The van der Waals surface area contributed by atoms with Crippen molar-refractivity contribution in [2.75, 3.05) is 11.9 Å². The first-order chi connectivity index (χ1) is 6.77. The van der Waals surface area contributed by atoms with Crippen LogP contribution in [-0.4, -0.2) is 6.54 Å². The van der Waals surface area contributed by atoms with Gasteiger partial charge in [-0.05, 0) is 30.4 Å². The first kappa shape index (κ1) is 11.3. The molecular formula is C12H19NS. The van der Waals surface area contributed by atoms with Crippen molar-refractivity contribution in [2.24, 2.45) is 5.92 Å². The van der Waals surface area contributed by atoms with Crippen molar-refractivity contribution in [3.63, 3.8) is 0 Å². The Labute approximate surface area is 90.9 Å². The fourth-order valence-corrected chi connectivity index (χ4v) is 1.95. The van der Waals surface area contributed by atoms with Crippen molar-refractivity contribution in [1.82, 2.24) is 0 Å². The van der Waals surface area contributed by atoms with Gasteiger partial charge in [-0.15, -0.1) is 11.3 Å². The summed E-state index contributed by atoms with van der Waals surface area (Å²) in [5, 5.41) is 5.49. The van der Waals surface area contributed by atoms with Crippen LogP contribution in [0.1, 0.15) is 32.1 Å². The van der Waals surface area contributed by atoms with Gasteiger partial charge in [0.05, 0.1) is 5.69 Å². The standard InChI is InChI=1S/C12H19NS/c1-4-10(3)6-7-12-11(13-5-2)8-9-14-12/h6-10,13H,4-5H2,1-3H3/b7-6-. The van der Waals surface area contributed by atoms with E-state index >= 15 is 0 Å². The van der Waals surface area contributed by atoms with E-state index in [0.717, 1.165) is 6.54 Å². The van der Waals surface area contributed by atoms with E-state index in [1.165, 1.54) is 17.0 Å². The third kappa shape index (κ3) is 3.18. The molecule has 1 nitrogen and oxygen atoms in total. The summed E-state index contributed by atoms with van der Waals surface area (Å²) >= 11 is 1.79. The number of rotatable bonds is 5. The van der Waals surface area contributed by atoms with Crippen LogP contribution in [0.5, 0.6) is 0 Å². The topological polar surface area (TPSA) is 12.0 Å². The van der Waals surface area contributed by atoms with Gasteiger partial charge in [-0.1, -0.05) is 26.3 Å². The molecule has 0 aliphatic carbocycles. The molecule has 1 atom stereocenters. The summed E-state index contributed by atoms with van der Waals surface area (Å²) in [4.78, 5) is 1.34. The smallest absolute Gasteiger partial charge is 0.0523 e. The third-order valence-electron chi connectivity index (χ3n) is 2.28. The highest BCUT2D eigenvalue weighted by Gasteiger charge is 1.99. The molecule has 0 saturated carbocycles. The summed E-state index contributed by atoms with van der Waals surface area (Å²) in [5.41, 5.74) is 1.26. The van der Waals surface area contributed by atoms with Gasteiger partial charge in [0.15, 0.2) is 0 Å². The SMILES string of the molecule is CCNc1ccsc1/C=C\C(C)CC. The molecule has 0 aliphatic rings. The maximum atomic E-state index is 3.36. The molecule has 1 rings (SSSR count). The molecule has 0 bridgehead atoms. The molecule has 0 amide bonds. The molecule has 0 spiro atoms. The van der Waals surface area contributed by atoms with E-state index in [-0.39, 0.29) is 0 Å². The van der Waals surface area contributed by atoms with Crippen LogP contribution in [0, 0.1) is 5.92 Å². The molecule has 78 valence electrons. The summed E-state index contributed by atoms with van der Waals surface area (Å²) in [6, 6.07) is 2.14. The molecule has 0 aromatic carbocycles. The molecule has 0 radical (unpaired) electrons. The molecule has 1 heterocycles. The van der Waals surface area contributed by atoms with Gasteiger partial charge >= 0.3 is 0 Å². The highest BCUT2D eigenvalue weighted by Crippen LogP contribution is 2.24. The first-order valence-electron chi connectivity index (χ1n) is 5.27. The van der Waals surface area contributed by atoms with Crippen LogP contribution >= 0.6 is 11.3 Å². The number of anilines is 1. The minimum atomic E-state index is 0.673. The van der Waals surface area contributed by atoms with E-state index in [1.807, 2.05) is 0 Å². The highest BCUT2D eigenvalue weighted by atomic mass is 32.1. The summed E-state index contributed by atoms with van der Waals surface area (Å²) in [6.07, 6.45) is 5.72. The zero-order valence-electron chi connectivity index (χ0n) is 9.21. The van der Waals surface area contributed by atoms with Crippen molar-refractivity contribution in [3.05, 3.63) is 22.4 Å². The monoisotopic (exact) mass is 209 g/mol. The third-order valence-corrected chi connectivity index (χ3v) is 3.16. The van der Waals surface area contributed by atoms with Gasteiger partial charge in [-0.25, -0.2) is 0 Å². The zero-order chi connectivity index (χ0) is 10.4. The lowest BCUT2D eigenvalue weighted by atomic mass is 10.1. The maximum absolute atomic E-state index is 3.36. The Morgan fingerprint density at radius 2 is 2.29 bits per heavy atom. The number of allylic oxidation sites excluding steroid dienone is 1. The number of thiophene rings is 1. The average molecular weight is 209 g/mol. The Morgan fingerprint density at radius 1 is 1.50 bits per heavy atom. The predicted molar refractivity (Wildman–Crippen MR) is 67.0 cm³/mol. The van der Waals surface area contributed by atoms with Crippen LogP contribution in [0.25, 0.3) is 6.08 Å². The normalized spacial score (nSPS) is 13.4. The van der Waals surface area contributed by atoms with Gasteiger partial charge in [0.25, 0.3) is 0 Å². The van der Waals surface area contributed by atoms with Gasteiger partial charge in [0.2, 0.25) is 0 Å². The van der Waals surface area contributed by atoms with Crippen LogP contribution in [-0.2, 0) is 0 Å². The lowest BCUT2D eigenvalue weighted by Gasteiger charge is -2.02. The van der Waals surface area contributed by atoms with E-state index in [9.17, 15) is 0 Å². The summed E-state index contributed by atoms with van der Waals surface area (Å²) in [5.74, 6) is 0.673. The Kier molecular flexibility index (Phi) is 4.74. The van der Waals surface area contributed by atoms with Crippen molar-refractivity contribution in [3.8, 4) is 0 Å². The van der Waals surface area contributed by atoms with Crippen LogP contribution in [0.15, 0.2) is 17.5 Å². The fraction of sp³-hybridized carbons (Fsp3) is 0.500. The zero-order valence-corrected chi connectivity index (χ0v) is 10.0. The number of hydrogen-bond donors (Lipinski definition) is 1. The van der Waals surface area contributed by atoms with Gasteiger partial charge in [0.1, 0.15) is 0 Å². The molecule has 0 aliphatic heterocycles.